The van der Waals surface area contributed by atoms with Gasteiger partial charge in [0.1, 0.15) is 5.60 Å². The molecule has 0 radical (unpaired) electrons. The van der Waals surface area contributed by atoms with E-state index in [1.807, 2.05) is 18.2 Å². The fourth-order valence-corrected chi connectivity index (χ4v) is 5.42. The third kappa shape index (κ3) is 3.27. The molecule has 0 aromatic carbocycles. The number of aliphatic hydroxyl groups is 1. The summed E-state index contributed by atoms with van der Waals surface area (Å²) in [6.07, 6.45) is 9.85. The van der Waals surface area contributed by atoms with Gasteiger partial charge < -0.3 is 10.0 Å². The van der Waals surface area contributed by atoms with Crippen LogP contribution in [0.15, 0.2) is 24.4 Å². The molecule has 3 aliphatic rings. The Morgan fingerprint density at radius 2 is 2.00 bits per heavy atom. The number of piperidine rings is 2. The molecule has 2 bridgehead atoms. The fourth-order valence-electron chi connectivity index (χ4n) is 5.42. The van der Waals surface area contributed by atoms with Crippen molar-refractivity contribution in [1.82, 2.24) is 14.8 Å². The molecule has 0 spiro atoms. The molecule has 3 atom stereocenters. The van der Waals surface area contributed by atoms with Gasteiger partial charge >= 0.3 is 0 Å². The van der Waals surface area contributed by atoms with Gasteiger partial charge in [0.15, 0.2) is 0 Å². The Bertz CT molecular complexity index is 621. The normalized spacial score (nSPS) is 34.8. The third-order valence-electron chi connectivity index (χ3n) is 6.80. The van der Waals surface area contributed by atoms with E-state index in [-0.39, 0.29) is 18.0 Å². The van der Waals surface area contributed by atoms with Crippen LogP contribution in [0.5, 0.6) is 0 Å². The lowest BCUT2D eigenvalue weighted by Gasteiger charge is -2.44. The zero-order chi connectivity index (χ0) is 18.1. The highest BCUT2D eigenvalue weighted by Gasteiger charge is 2.49. The van der Waals surface area contributed by atoms with Gasteiger partial charge in [-0.2, -0.15) is 0 Å². The first-order valence-corrected chi connectivity index (χ1v) is 10.3. The van der Waals surface area contributed by atoms with E-state index >= 15 is 0 Å². The van der Waals surface area contributed by atoms with Crippen LogP contribution in [0.4, 0.5) is 0 Å². The molecule has 5 nitrogen and oxygen atoms in total. The number of fused-ring (bicyclic) bond motifs is 2. The van der Waals surface area contributed by atoms with Gasteiger partial charge in [0.25, 0.3) is 0 Å². The molecule has 1 aromatic heterocycles. The number of amides is 1. The van der Waals surface area contributed by atoms with E-state index < -0.39 is 5.60 Å². The number of rotatable bonds is 4. The summed E-state index contributed by atoms with van der Waals surface area (Å²) in [5.41, 5.74) is -0.0612. The highest BCUT2D eigenvalue weighted by molar-refractivity contribution is 5.79. The number of likely N-dealkylation sites (tertiary alicyclic amines) is 1. The molecule has 1 aromatic rings. The van der Waals surface area contributed by atoms with Crippen LogP contribution < -0.4 is 0 Å². The first-order valence-electron chi connectivity index (χ1n) is 10.3. The quantitative estimate of drug-likeness (QED) is 0.900. The van der Waals surface area contributed by atoms with Crippen molar-refractivity contribution in [1.29, 1.82) is 0 Å². The van der Waals surface area contributed by atoms with Crippen molar-refractivity contribution in [3.63, 3.8) is 0 Å². The van der Waals surface area contributed by atoms with Gasteiger partial charge in [0.05, 0.1) is 12.2 Å². The molecule has 1 amide bonds. The second-order valence-corrected chi connectivity index (χ2v) is 8.36. The van der Waals surface area contributed by atoms with Crippen LogP contribution in [0, 0.1) is 0 Å². The van der Waals surface area contributed by atoms with E-state index in [2.05, 4.69) is 21.7 Å². The smallest absolute Gasteiger partial charge is 0.237 e. The topological polar surface area (TPSA) is 56.7 Å². The van der Waals surface area contributed by atoms with Gasteiger partial charge in [-0.3, -0.25) is 14.7 Å². The van der Waals surface area contributed by atoms with Gasteiger partial charge in [-0.25, -0.2) is 0 Å². The Labute approximate surface area is 156 Å². The van der Waals surface area contributed by atoms with Gasteiger partial charge in [-0.1, -0.05) is 13.0 Å². The van der Waals surface area contributed by atoms with E-state index in [4.69, 9.17) is 0 Å². The Balaban J connectivity index is 1.44. The van der Waals surface area contributed by atoms with Crippen molar-refractivity contribution in [3.05, 3.63) is 30.1 Å². The predicted octanol–water partition coefficient (Wildman–Crippen LogP) is 2.69. The summed E-state index contributed by atoms with van der Waals surface area (Å²) in [4.78, 5) is 21.9. The standard InChI is InChI=1S/C21H31N3O2/c1-2-16-7-4-6-12-23(16)20(25)15-24-17-9-10-18(24)14-21(26,13-17)19-8-3-5-11-22-19/h3,5,8,11,16-18,26H,2,4,6-7,9-10,12-15H2,1H3/t16-,17+,18+/m0/s1. The molecule has 0 saturated carbocycles. The highest BCUT2D eigenvalue weighted by Crippen LogP contribution is 2.45. The average Bonchev–Trinajstić information content (AvgIpc) is 2.92. The SMILES string of the molecule is CC[C@H]1CCCCN1C(=O)CN1[C@@H]2CC[C@@H]1CC(O)(c1ccccn1)C2. The number of aromatic nitrogens is 1. The monoisotopic (exact) mass is 357 g/mol. The molecule has 5 heteroatoms. The van der Waals surface area contributed by atoms with Crippen molar-refractivity contribution in [2.75, 3.05) is 13.1 Å². The van der Waals surface area contributed by atoms with Gasteiger partial charge in [0.2, 0.25) is 5.91 Å². The van der Waals surface area contributed by atoms with Crippen molar-refractivity contribution >= 4 is 5.91 Å². The second kappa shape index (κ2) is 7.28. The number of hydrogen-bond donors (Lipinski definition) is 1. The molecule has 1 N–H and O–H groups in total. The summed E-state index contributed by atoms with van der Waals surface area (Å²) < 4.78 is 0. The molecule has 4 heterocycles. The molecule has 3 saturated heterocycles. The number of nitrogens with zero attached hydrogens (tertiary/aromatic N) is 3. The van der Waals surface area contributed by atoms with Crippen LogP contribution in [0.1, 0.15) is 64.0 Å². The average molecular weight is 357 g/mol. The summed E-state index contributed by atoms with van der Waals surface area (Å²) in [5, 5.41) is 11.2. The van der Waals surface area contributed by atoms with E-state index in [1.54, 1.807) is 6.20 Å². The van der Waals surface area contributed by atoms with Crippen molar-refractivity contribution < 1.29 is 9.90 Å². The highest BCUT2D eigenvalue weighted by atomic mass is 16.3. The molecule has 3 aliphatic heterocycles. The first-order chi connectivity index (χ1) is 12.6. The summed E-state index contributed by atoms with van der Waals surface area (Å²) in [5.74, 6) is 0.289. The minimum Gasteiger partial charge on any atom is -0.383 e. The zero-order valence-electron chi connectivity index (χ0n) is 15.8. The van der Waals surface area contributed by atoms with Crippen LogP contribution in [0.2, 0.25) is 0 Å². The third-order valence-corrected chi connectivity index (χ3v) is 6.80. The van der Waals surface area contributed by atoms with Gasteiger partial charge in [0, 0.05) is 30.9 Å². The second-order valence-electron chi connectivity index (χ2n) is 8.36. The van der Waals surface area contributed by atoms with Crippen LogP contribution >= 0.6 is 0 Å². The summed E-state index contributed by atoms with van der Waals surface area (Å²) >= 11 is 0. The van der Waals surface area contributed by atoms with E-state index in [0.29, 0.717) is 25.4 Å². The number of pyridine rings is 1. The Morgan fingerprint density at radius 3 is 2.65 bits per heavy atom. The Hall–Kier alpha value is -1.46. The van der Waals surface area contributed by atoms with Gasteiger partial charge in [-0.05, 0) is 63.5 Å². The Morgan fingerprint density at radius 1 is 1.23 bits per heavy atom. The van der Waals surface area contributed by atoms with Crippen molar-refractivity contribution in [3.8, 4) is 0 Å². The Kier molecular flexibility index (Phi) is 5.02. The molecule has 142 valence electrons. The summed E-state index contributed by atoms with van der Waals surface area (Å²) in [7, 11) is 0. The molecule has 0 aliphatic carbocycles. The van der Waals surface area contributed by atoms with E-state index in [0.717, 1.165) is 44.3 Å². The van der Waals surface area contributed by atoms with Crippen LogP contribution in [0.25, 0.3) is 0 Å². The molecule has 4 rings (SSSR count). The lowest BCUT2D eigenvalue weighted by atomic mass is 9.83. The van der Waals surface area contributed by atoms with Crippen molar-refractivity contribution in [2.45, 2.75) is 82.0 Å². The van der Waals surface area contributed by atoms with Crippen LogP contribution in [0.3, 0.4) is 0 Å². The lowest BCUT2D eigenvalue weighted by Crippen LogP contribution is -2.54. The summed E-state index contributed by atoms with van der Waals surface area (Å²) in [6, 6.07) is 6.75. The first kappa shape index (κ1) is 17.9. The molecule has 26 heavy (non-hydrogen) atoms. The predicted molar refractivity (Wildman–Crippen MR) is 101 cm³/mol. The molecule has 0 unspecified atom stereocenters. The fraction of sp³-hybridized carbons (Fsp3) is 0.714. The summed E-state index contributed by atoms with van der Waals surface area (Å²) in [6.45, 7) is 3.62. The maximum absolute atomic E-state index is 13.0. The number of carbonyl (C=O) groups is 1. The van der Waals surface area contributed by atoms with E-state index in [9.17, 15) is 9.90 Å². The zero-order valence-corrected chi connectivity index (χ0v) is 15.8. The molecular formula is C21H31N3O2. The number of carbonyl (C=O) groups excluding carboxylic acids is 1. The molecule has 3 fully saturated rings. The largest absolute Gasteiger partial charge is 0.383 e. The molecular weight excluding hydrogens is 326 g/mol. The maximum Gasteiger partial charge on any atom is 0.237 e. The maximum atomic E-state index is 13.0. The minimum atomic E-state index is -0.844. The van der Waals surface area contributed by atoms with Crippen molar-refractivity contribution in [2.24, 2.45) is 0 Å². The van der Waals surface area contributed by atoms with Crippen LogP contribution in [-0.2, 0) is 10.4 Å². The van der Waals surface area contributed by atoms with E-state index in [1.165, 1.54) is 6.42 Å². The van der Waals surface area contributed by atoms with Crippen LogP contribution in [-0.4, -0.2) is 57.0 Å². The van der Waals surface area contributed by atoms with Gasteiger partial charge in [-0.15, -0.1) is 0 Å². The lowest BCUT2D eigenvalue weighted by molar-refractivity contribution is -0.139. The number of hydrogen-bond acceptors (Lipinski definition) is 4. The minimum absolute atomic E-state index is 0.287.